The van der Waals surface area contributed by atoms with Crippen molar-refractivity contribution in [1.82, 2.24) is 19.6 Å². The van der Waals surface area contributed by atoms with Crippen LogP contribution in [0.4, 0.5) is 0 Å². The van der Waals surface area contributed by atoms with Gasteiger partial charge >= 0.3 is 0 Å². The van der Waals surface area contributed by atoms with Crippen LogP contribution in [0, 0.1) is 0 Å². The van der Waals surface area contributed by atoms with Crippen molar-refractivity contribution in [1.29, 1.82) is 0 Å². The molecular formula is C17H21ClN4O2. The van der Waals surface area contributed by atoms with Crippen molar-refractivity contribution >= 4 is 17.5 Å². The molecule has 2 aromatic rings. The molecule has 1 aliphatic heterocycles. The van der Waals surface area contributed by atoms with Gasteiger partial charge in [0.15, 0.2) is 0 Å². The average molecular weight is 349 g/mol. The third-order valence-corrected chi connectivity index (χ3v) is 4.35. The number of carbonyl (C=O) groups excluding carboxylic acids is 1. The maximum atomic E-state index is 12.5. The second-order valence-electron chi connectivity index (χ2n) is 5.85. The van der Waals surface area contributed by atoms with Crippen LogP contribution >= 0.6 is 11.6 Å². The highest BCUT2D eigenvalue weighted by atomic mass is 35.5. The molecule has 0 N–H and O–H groups in total. The Labute approximate surface area is 146 Å². The standard InChI is InChI=1S/C17H21ClN4O2/c1-24-13-22-7-6-16(19-22)17(23)21-10-8-20(9-11-21)12-14-2-4-15(18)5-3-14/h2-7H,8-13H2,1H3. The van der Waals surface area contributed by atoms with Crippen molar-refractivity contribution in [3.8, 4) is 0 Å². The number of benzene rings is 1. The van der Waals surface area contributed by atoms with Crippen LogP contribution in [0.15, 0.2) is 36.5 Å². The summed E-state index contributed by atoms with van der Waals surface area (Å²) < 4.78 is 6.62. The van der Waals surface area contributed by atoms with E-state index < -0.39 is 0 Å². The van der Waals surface area contributed by atoms with E-state index in [-0.39, 0.29) is 5.91 Å². The van der Waals surface area contributed by atoms with E-state index in [0.717, 1.165) is 24.7 Å². The molecule has 1 amide bonds. The monoisotopic (exact) mass is 348 g/mol. The van der Waals surface area contributed by atoms with Gasteiger partial charge in [-0.05, 0) is 23.8 Å². The fourth-order valence-electron chi connectivity index (χ4n) is 2.80. The molecule has 0 radical (unpaired) electrons. The molecule has 128 valence electrons. The molecule has 0 bridgehead atoms. The Morgan fingerprint density at radius 2 is 1.88 bits per heavy atom. The second-order valence-corrected chi connectivity index (χ2v) is 6.29. The number of hydrogen-bond donors (Lipinski definition) is 0. The molecule has 24 heavy (non-hydrogen) atoms. The fourth-order valence-corrected chi connectivity index (χ4v) is 2.92. The van der Waals surface area contributed by atoms with E-state index in [4.69, 9.17) is 16.3 Å². The number of nitrogens with zero attached hydrogens (tertiary/aromatic N) is 4. The third kappa shape index (κ3) is 4.14. The van der Waals surface area contributed by atoms with Gasteiger partial charge in [-0.2, -0.15) is 5.10 Å². The first-order chi connectivity index (χ1) is 11.7. The molecule has 1 aliphatic rings. The zero-order valence-electron chi connectivity index (χ0n) is 13.7. The molecule has 6 nitrogen and oxygen atoms in total. The number of halogens is 1. The minimum atomic E-state index is -0.0176. The van der Waals surface area contributed by atoms with Crippen LogP contribution in [-0.2, 0) is 18.0 Å². The Morgan fingerprint density at radius 3 is 2.54 bits per heavy atom. The van der Waals surface area contributed by atoms with Crippen LogP contribution in [0.1, 0.15) is 16.1 Å². The second kappa shape index (κ2) is 7.79. The first kappa shape index (κ1) is 17.0. The molecule has 2 heterocycles. The van der Waals surface area contributed by atoms with E-state index in [1.54, 1.807) is 24.1 Å². The molecular weight excluding hydrogens is 328 g/mol. The zero-order chi connectivity index (χ0) is 16.9. The number of aromatic nitrogens is 2. The molecule has 1 aromatic carbocycles. The number of rotatable bonds is 5. The highest BCUT2D eigenvalue weighted by molar-refractivity contribution is 6.30. The molecule has 7 heteroatoms. The summed E-state index contributed by atoms with van der Waals surface area (Å²) in [7, 11) is 1.60. The van der Waals surface area contributed by atoms with Gasteiger partial charge < -0.3 is 9.64 Å². The molecule has 0 spiro atoms. The molecule has 1 saturated heterocycles. The van der Waals surface area contributed by atoms with E-state index in [9.17, 15) is 4.79 Å². The Balaban J connectivity index is 1.52. The van der Waals surface area contributed by atoms with Gasteiger partial charge in [-0.1, -0.05) is 23.7 Å². The summed E-state index contributed by atoms with van der Waals surface area (Å²) in [6, 6.07) is 9.64. The number of carbonyl (C=O) groups is 1. The van der Waals surface area contributed by atoms with Crippen LogP contribution in [0.5, 0.6) is 0 Å². The predicted octanol–water partition coefficient (Wildman–Crippen LogP) is 2.10. The highest BCUT2D eigenvalue weighted by Crippen LogP contribution is 2.14. The van der Waals surface area contributed by atoms with Crippen molar-refractivity contribution in [3.63, 3.8) is 0 Å². The van der Waals surface area contributed by atoms with Gasteiger partial charge in [-0.25, -0.2) is 4.68 Å². The normalized spacial score (nSPS) is 15.7. The summed E-state index contributed by atoms with van der Waals surface area (Å²) in [5.74, 6) is -0.0176. The van der Waals surface area contributed by atoms with Crippen molar-refractivity contribution in [3.05, 3.63) is 52.8 Å². The van der Waals surface area contributed by atoms with Gasteiger partial charge in [-0.15, -0.1) is 0 Å². The maximum Gasteiger partial charge on any atom is 0.274 e. The zero-order valence-corrected chi connectivity index (χ0v) is 14.4. The largest absolute Gasteiger partial charge is 0.362 e. The lowest BCUT2D eigenvalue weighted by atomic mass is 10.2. The number of methoxy groups -OCH3 is 1. The molecule has 0 aliphatic carbocycles. The van der Waals surface area contributed by atoms with Crippen molar-refractivity contribution in [2.75, 3.05) is 33.3 Å². The summed E-state index contributed by atoms with van der Waals surface area (Å²) in [5, 5.41) is 5.00. The number of piperazine rings is 1. The van der Waals surface area contributed by atoms with Gasteiger partial charge in [0.05, 0.1) is 0 Å². The first-order valence-electron chi connectivity index (χ1n) is 7.94. The van der Waals surface area contributed by atoms with Gasteiger partial charge in [0.25, 0.3) is 5.91 Å². The van der Waals surface area contributed by atoms with Gasteiger partial charge in [-0.3, -0.25) is 9.69 Å². The van der Waals surface area contributed by atoms with Gasteiger partial charge in [0, 0.05) is 51.1 Å². The SMILES string of the molecule is COCn1ccc(C(=O)N2CCN(Cc3ccc(Cl)cc3)CC2)n1. The Bertz CT molecular complexity index is 678. The lowest BCUT2D eigenvalue weighted by Gasteiger charge is -2.34. The lowest BCUT2D eigenvalue weighted by molar-refractivity contribution is 0.0618. The minimum absolute atomic E-state index is 0.0176. The summed E-state index contributed by atoms with van der Waals surface area (Å²) >= 11 is 5.91. The fraction of sp³-hybridized carbons (Fsp3) is 0.412. The molecule has 0 unspecified atom stereocenters. The summed E-state index contributed by atoms with van der Waals surface area (Å²) in [4.78, 5) is 16.7. The van der Waals surface area contributed by atoms with Crippen LogP contribution in [0.2, 0.25) is 5.02 Å². The average Bonchev–Trinajstić information content (AvgIpc) is 3.06. The van der Waals surface area contributed by atoms with E-state index in [1.165, 1.54) is 5.56 Å². The van der Waals surface area contributed by atoms with E-state index in [2.05, 4.69) is 10.00 Å². The molecule has 1 aromatic heterocycles. The van der Waals surface area contributed by atoms with Crippen LogP contribution in [0.3, 0.4) is 0 Å². The molecule has 0 saturated carbocycles. The molecule has 0 atom stereocenters. The van der Waals surface area contributed by atoms with Crippen LogP contribution in [0.25, 0.3) is 0 Å². The van der Waals surface area contributed by atoms with Crippen molar-refractivity contribution < 1.29 is 9.53 Å². The quantitative estimate of drug-likeness (QED) is 0.830. The third-order valence-electron chi connectivity index (χ3n) is 4.10. The van der Waals surface area contributed by atoms with Crippen molar-refractivity contribution in [2.24, 2.45) is 0 Å². The van der Waals surface area contributed by atoms with E-state index in [0.29, 0.717) is 25.5 Å². The Hall–Kier alpha value is -1.89. The number of amides is 1. The van der Waals surface area contributed by atoms with E-state index in [1.807, 2.05) is 29.2 Å². The van der Waals surface area contributed by atoms with Gasteiger partial charge in [0.1, 0.15) is 12.4 Å². The smallest absolute Gasteiger partial charge is 0.274 e. The van der Waals surface area contributed by atoms with Crippen LogP contribution < -0.4 is 0 Å². The Kier molecular flexibility index (Phi) is 5.50. The first-order valence-corrected chi connectivity index (χ1v) is 8.32. The summed E-state index contributed by atoms with van der Waals surface area (Å²) in [5.41, 5.74) is 1.70. The predicted molar refractivity (Wildman–Crippen MR) is 91.9 cm³/mol. The summed E-state index contributed by atoms with van der Waals surface area (Å²) in [6.45, 7) is 4.36. The number of ether oxygens (including phenoxy) is 1. The lowest BCUT2D eigenvalue weighted by Crippen LogP contribution is -2.48. The van der Waals surface area contributed by atoms with E-state index >= 15 is 0 Å². The Morgan fingerprint density at radius 1 is 1.17 bits per heavy atom. The number of hydrogen-bond acceptors (Lipinski definition) is 4. The minimum Gasteiger partial charge on any atom is -0.362 e. The van der Waals surface area contributed by atoms with Crippen molar-refractivity contribution in [2.45, 2.75) is 13.3 Å². The molecule has 3 rings (SSSR count). The topological polar surface area (TPSA) is 50.6 Å². The summed E-state index contributed by atoms with van der Waals surface area (Å²) in [6.07, 6.45) is 1.76. The highest BCUT2D eigenvalue weighted by Gasteiger charge is 2.23. The molecule has 1 fully saturated rings. The van der Waals surface area contributed by atoms with Gasteiger partial charge in [0.2, 0.25) is 0 Å². The maximum absolute atomic E-state index is 12.5. The van der Waals surface area contributed by atoms with Crippen LogP contribution in [-0.4, -0.2) is 58.8 Å².